The normalized spacial score (nSPS) is 29.1. The van der Waals surface area contributed by atoms with Gasteiger partial charge in [0.05, 0.1) is 11.8 Å². The molecule has 5 amide bonds. The summed E-state index contributed by atoms with van der Waals surface area (Å²) >= 11 is 0. The fourth-order valence-electron chi connectivity index (χ4n) is 7.64. The van der Waals surface area contributed by atoms with E-state index < -0.39 is 74.1 Å². The SMILES string of the molecule is C=C[C@H]1C[C@]1(NC(=O)[C@@H]1C[C@@H]2CN1C(=O)[C@H](C(C)(C)C)NC(=O)CCCCCCCc1cccc3c1CN(C3)C(=O)O2)C(=O)NS(=O)(=O)C1CC1. The Morgan fingerprint density at radius 1 is 1.02 bits per heavy atom. The average molecular weight is 726 g/mol. The molecule has 13 nitrogen and oxygen atoms in total. The summed E-state index contributed by atoms with van der Waals surface area (Å²) in [6.07, 6.45) is 6.84. The summed E-state index contributed by atoms with van der Waals surface area (Å²) < 4.78 is 33.4. The number of hydrogen-bond acceptors (Lipinski definition) is 8. The molecule has 51 heavy (non-hydrogen) atoms. The first kappa shape index (κ1) is 36.8. The van der Waals surface area contributed by atoms with E-state index >= 15 is 0 Å². The molecular weight excluding hydrogens is 675 g/mol. The molecule has 3 aliphatic heterocycles. The van der Waals surface area contributed by atoms with Gasteiger partial charge in [-0.3, -0.25) is 28.8 Å². The molecule has 5 atom stereocenters. The summed E-state index contributed by atoms with van der Waals surface area (Å²) in [6, 6.07) is 3.98. The first-order chi connectivity index (χ1) is 24.1. The van der Waals surface area contributed by atoms with Crippen molar-refractivity contribution in [3.63, 3.8) is 0 Å². The predicted octanol–water partition coefficient (Wildman–Crippen LogP) is 3.21. The molecule has 3 fully saturated rings. The molecule has 2 aliphatic carbocycles. The van der Waals surface area contributed by atoms with Crippen molar-refractivity contribution in [1.82, 2.24) is 25.2 Å². The number of hydrogen-bond donors (Lipinski definition) is 3. The highest BCUT2D eigenvalue weighted by molar-refractivity contribution is 7.91. The summed E-state index contributed by atoms with van der Waals surface area (Å²) in [5.41, 5.74) is 1.12. The van der Waals surface area contributed by atoms with Crippen LogP contribution < -0.4 is 15.4 Å². The van der Waals surface area contributed by atoms with Gasteiger partial charge < -0.3 is 20.3 Å². The van der Waals surface area contributed by atoms with Crippen LogP contribution in [-0.2, 0) is 53.4 Å². The van der Waals surface area contributed by atoms with E-state index in [0.717, 1.165) is 43.2 Å². The molecule has 0 spiro atoms. The van der Waals surface area contributed by atoms with Crippen LogP contribution in [0.3, 0.4) is 0 Å². The smallest absolute Gasteiger partial charge is 0.410 e. The molecule has 14 heteroatoms. The van der Waals surface area contributed by atoms with Crippen molar-refractivity contribution < 1.29 is 37.1 Å². The molecule has 5 aliphatic rings. The fourth-order valence-corrected chi connectivity index (χ4v) is 9.01. The third-order valence-electron chi connectivity index (χ3n) is 11.0. The molecular formula is C37H51N5O8S. The number of ether oxygens (including phenoxy) is 1. The highest BCUT2D eigenvalue weighted by Gasteiger charge is 2.62. The van der Waals surface area contributed by atoms with Crippen LogP contribution in [-0.4, -0.2) is 83.5 Å². The Hall–Kier alpha value is -3.94. The van der Waals surface area contributed by atoms with E-state index in [1.165, 1.54) is 16.5 Å². The summed E-state index contributed by atoms with van der Waals surface area (Å²) in [5, 5.41) is 5.05. The van der Waals surface area contributed by atoms with Crippen molar-refractivity contribution in [2.45, 2.75) is 133 Å². The summed E-state index contributed by atoms with van der Waals surface area (Å²) in [7, 11) is -3.89. The zero-order valence-electron chi connectivity index (χ0n) is 29.9. The lowest BCUT2D eigenvalue weighted by Gasteiger charge is -2.35. The summed E-state index contributed by atoms with van der Waals surface area (Å²) in [4.78, 5) is 71.7. The minimum Gasteiger partial charge on any atom is -0.444 e. The van der Waals surface area contributed by atoms with Gasteiger partial charge in [0.25, 0.3) is 5.91 Å². The Bertz CT molecular complexity index is 1700. The van der Waals surface area contributed by atoms with Gasteiger partial charge in [0.2, 0.25) is 27.7 Å². The van der Waals surface area contributed by atoms with Gasteiger partial charge >= 0.3 is 6.09 Å². The number of amides is 5. The molecule has 6 rings (SSSR count). The predicted molar refractivity (Wildman–Crippen MR) is 188 cm³/mol. The monoisotopic (exact) mass is 725 g/mol. The second-order valence-corrected chi connectivity index (χ2v) is 17.9. The minimum absolute atomic E-state index is 0.0447. The Balaban J connectivity index is 1.26. The molecule has 1 aromatic carbocycles. The van der Waals surface area contributed by atoms with Crippen LogP contribution in [0.25, 0.3) is 0 Å². The van der Waals surface area contributed by atoms with Crippen molar-refractivity contribution in [1.29, 1.82) is 0 Å². The quantitative estimate of drug-likeness (QED) is 0.376. The zero-order chi connectivity index (χ0) is 36.7. The number of benzene rings is 1. The van der Waals surface area contributed by atoms with Crippen LogP contribution in [0, 0.1) is 11.3 Å². The van der Waals surface area contributed by atoms with Crippen LogP contribution >= 0.6 is 0 Å². The first-order valence-corrected chi connectivity index (χ1v) is 19.8. The van der Waals surface area contributed by atoms with Crippen LogP contribution in [0.1, 0.15) is 102 Å². The number of fused-ring (bicyclic) bond motifs is 3. The molecule has 0 aromatic heterocycles. The lowest BCUT2D eigenvalue weighted by Crippen LogP contribution is -2.60. The lowest BCUT2D eigenvalue weighted by atomic mass is 9.85. The van der Waals surface area contributed by atoms with Crippen LogP contribution in [0.5, 0.6) is 0 Å². The van der Waals surface area contributed by atoms with Gasteiger partial charge in [-0.1, -0.05) is 64.3 Å². The van der Waals surface area contributed by atoms with Crippen molar-refractivity contribution in [2.75, 3.05) is 6.54 Å². The zero-order valence-corrected chi connectivity index (χ0v) is 30.7. The van der Waals surface area contributed by atoms with E-state index in [0.29, 0.717) is 32.4 Å². The Morgan fingerprint density at radius 3 is 2.37 bits per heavy atom. The van der Waals surface area contributed by atoms with E-state index in [9.17, 15) is 32.4 Å². The van der Waals surface area contributed by atoms with Crippen LogP contribution in [0.2, 0.25) is 0 Å². The number of nitrogens with zero attached hydrogens (tertiary/aromatic N) is 2. The number of aryl methyl sites for hydroxylation is 1. The van der Waals surface area contributed by atoms with Crippen molar-refractivity contribution >= 4 is 39.7 Å². The van der Waals surface area contributed by atoms with E-state index in [1.54, 1.807) is 4.90 Å². The molecule has 278 valence electrons. The van der Waals surface area contributed by atoms with Gasteiger partial charge in [0.15, 0.2) is 0 Å². The third-order valence-corrected chi connectivity index (χ3v) is 12.8. The minimum atomic E-state index is -3.89. The number of sulfonamides is 1. The number of carbonyl (C=O) groups is 5. The Kier molecular flexibility index (Phi) is 10.3. The fraction of sp³-hybridized carbons (Fsp3) is 0.649. The maximum absolute atomic E-state index is 14.4. The topological polar surface area (TPSA) is 171 Å². The number of rotatable bonds is 6. The Labute approximate surface area is 300 Å². The summed E-state index contributed by atoms with van der Waals surface area (Å²) in [6.45, 7) is 9.95. The van der Waals surface area contributed by atoms with Crippen molar-refractivity contribution in [3.05, 3.63) is 47.5 Å². The maximum Gasteiger partial charge on any atom is 0.410 e. The van der Waals surface area contributed by atoms with Gasteiger partial charge in [-0.05, 0) is 60.6 Å². The molecule has 3 heterocycles. The van der Waals surface area contributed by atoms with Crippen molar-refractivity contribution in [2.24, 2.45) is 11.3 Å². The Morgan fingerprint density at radius 2 is 1.71 bits per heavy atom. The highest BCUT2D eigenvalue weighted by Crippen LogP contribution is 2.45. The number of nitrogens with one attached hydrogen (secondary N) is 3. The molecule has 0 unspecified atom stereocenters. The van der Waals surface area contributed by atoms with Crippen molar-refractivity contribution in [3.8, 4) is 0 Å². The van der Waals surface area contributed by atoms with Crippen LogP contribution in [0.4, 0.5) is 4.79 Å². The van der Waals surface area contributed by atoms with Gasteiger partial charge in [-0.2, -0.15) is 0 Å². The van der Waals surface area contributed by atoms with E-state index in [4.69, 9.17) is 4.74 Å². The average Bonchev–Trinajstić information content (AvgIpc) is 3.96. The second kappa shape index (κ2) is 14.2. The molecule has 3 N–H and O–H groups in total. The highest BCUT2D eigenvalue weighted by atomic mass is 32.2. The molecule has 1 saturated heterocycles. The van der Waals surface area contributed by atoms with Gasteiger partial charge in [-0.25, -0.2) is 13.2 Å². The molecule has 1 aromatic rings. The standard InChI is InChI=1S/C37H51N5O8S/c1-5-25-19-37(25,34(46)40-51(48,49)27-16-17-27)39-32(44)29-18-26-21-42(29)33(45)31(36(2,3)4)38-30(43)15-10-8-6-7-9-12-23-13-11-14-24-20-41(22-28(23)24)35(47)50-26/h5,11,13-14,25-27,29,31H,1,6-10,12,15-22H2,2-4H3,(H,38,43)(H,39,44)(H,40,46)/t25-,26+,29-,31+,37+/m0/s1. The number of carbonyl (C=O) groups excluding carboxylic acids is 5. The lowest BCUT2D eigenvalue weighted by molar-refractivity contribution is -0.144. The van der Waals surface area contributed by atoms with Gasteiger partial charge in [0.1, 0.15) is 23.7 Å². The van der Waals surface area contributed by atoms with E-state index in [1.807, 2.05) is 32.9 Å². The summed E-state index contributed by atoms with van der Waals surface area (Å²) in [5.74, 6) is -2.81. The molecule has 4 bridgehead atoms. The molecule has 2 saturated carbocycles. The third kappa shape index (κ3) is 7.95. The first-order valence-electron chi connectivity index (χ1n) is 18.3. The van der Waals surface area contributed by atoms with Gasteiger partial charge in [-0.15, -0.1) is 6.58 Å². The van der Waals surface area contributed by atoms with E-state index in [-0.39, 0.29) is 31.7 Å². The largest absolute Gasteiger partial charge is 0.444 e. The molecule has 0 radical (unpaired) electrons. The van der Waals surface area contributed by atoms with Crippen LogP contribution in [0.15, 0.2) is 30.9 Å². The van der Waals surface area contributed by atoms with Gasteiger partial charge in [0, 0.05) is 31.8 Å². The maximum atomic E-state index is 14.4. The second-order valence-electron chi connectivity index (χ2n) is 16.0. The van der Waals surface area contributed by atoms with E-state index in [2.05, 4.69) is 28.0 Å².